The zero-order chi connectivity index (χ0) is 61.0. The molecule has 0 aromatic carbocycles. The highest BCUT2D eigenvalue weighted by Crippen LogP contribution is 2.24. The van der Waals surface area contributed by atoms with Crippen molar-refractivity contribution in [3.63, 3.8) is 0 Å². The number of unbranched alkanes of at least 4 members (excludes halogenated alkanes) is 43. The minimum absolute atomic E-state index is 0.246. The van der Waals surface area contributed by atoms with Crippen LogP contribution in [0, 0.1) is 0 Å². The Morgan fingerprint density at radius 3 is 1.13 bits per heavy atom. The van der Waals surface area contributed by atoms with Crippen molar-refractivity contribution in [3.05, 3.63) is 48.6 Å². The van der Waals surface area contributed by atoms with Crippen molar-refractivity contribution in [2.75, 3.05) is 13.2 Å². The van der Waals surface area contributed by atoms with E-state index in [9.17, 15) is 40.5 Å². The first kappa shape index (κ1) is 80.1. The third-order valence-corrected chi connectivity index (χ3v) is 17.3. The maximum absolute atomic E-state index is 13.3. The van der Waals surface area contributed by atoms with Crippen LogP contribution in [0.3, 0.4) is 0 Å². The number of aliphatic hydroxyl groups is 7. The molecule has 1 amide bonds. The van der Waals surface area contributed by atoms with Gasteiger partial charge in [0.05, 0.1) is 25.4 Å². The van der Waals surface area contributed by atoms with E-state index in [-0.39, 0.29) is 12.8 Å². The van der Waals surface area contributed by atoms with Gasteiger partial charge in [-0.2, -0.15) is 0 Å². The first-order valence-electron chi connectivity index (χ1n) is 36.0. The van der Waals surface area contributed by atoms with Crippen molar-refractivity contribution in [2.45, 2.75) is 396 Å². The quantitative estimate of drug-likeness (QED) is 0.0215. The molecule has 1 aliphatic heterocycles. The van der Waals surface area contributed by atoms with Crippen molar-refractivity contribution in [3.8, 4) is 0 Å². The zero-order valence-corrected chi connectivity index (χ0v) is 54.6. The molecule has 0 bridgehead atoms. The molecule has 0 aromatic heterocycles. The topological polar surface area (TPSA) is 189 Å². The monoisotopic (exact) mass is 1190 g/mol. The second-order valence-electron chi connectivity index (χ2n) is 25.3. The van der Waals surface area contributed by atoms with Crippen LogP contribution in [-0.4, -0.2) is 110 Å². The fourth-order valence-electron chi connectivity index (χ4n) is 11.6. The molecule has 9 unspecified atom stereocenters. The second kappa shape index (κ2) is 61.3. The molecule has 494 valence electrons. The molecule has 0 aliphatic carbocycles. The van der Waals surface area contributed by atoms with Crippen LogP contribution >= 0.6 is 0 Å². The summed E-state index contributed by atoms with van der Waals surface area (Å²) in [4.78, 5) is 13.3. The van der Waals surface area contributed by atoms with E-state index >= 15 is 0 Å². The average Bonchev–Trinajstić information content (AvgIpc) is 3.66. The van der Waals surface area contributed by atoms with Gasteiger partial charge in [-0.1, -0.05) is 306 Å². The molecule has 0 spiro atoms. The van der Waals surface area contributed by atoms with Gasteiger partial charge < -0.3 is 50.5 Å². The summed E-state index contributed by atoms with van der Waals surface area (Å²) in [5.74, 6) is -0.708. The van der Waals surface area contributed by atoms with Gasteiger partial charge in [-0.25, -0.2) is 0 Å². The Kier molecular flexibility index (Phi) is 58.5. The van der Waals surface area contributed by atoms with Crippen molar-refractivity contribution in [2.24, 2.45) is 0 Å². The third kappa shape index (κ3) is 48.1. The number of aliphatic hydroxyl groups excluding tert-OH is 7. The minimum atomic E-state index is -1.67. The smallest absolute Gasteiger partial charge is 0.249 e. The number of carbonyl (C=O) groups is 1. The molecule has 1 fully saturated rings. The Morgan fingerprint density at radius 2 is 0.750 bits per heavy atom. The first-order chi connectivity index (χ1) is 41.2. The molecule has 11 nitrogen and oxygen atoms in total. The lowest BCUT2D eigenvalue weighted by molar-refractivity contribution is -0.303. The number of hydrogen-bond acceptors (Lipinski definition) is 10. The molecule has 0 radical (unpaired) electrons. The molecule has 1 rings (SSSR count). The highest BCUT2D eigenvalue weighted by Gasteiger charge is 2.44. The lowest BCUT2D eigenvalue weighted by atomic mass is 9.98. The lowest BCUT2D eigenvalue weighted by Gasteiger charge is -2.40. The van der Waals surface area contributed by atoms with Crippen molar-refractivity contribution >= 4 is 5.91 Å². The van der Waals surface area contributed by atoms with Gasteiger partial charge in [0.2, 0.25) is 5.91 Å². The summed E-state index contributed by atoms with van der Waals surface area (Å²) in [5, 5.41) is 76.5. The second-order valence-corrected chi connectivity index (χ2v) is 25.3. The highest BCUT2D eigenvalue weighted by molar-refractivity contribution is 5.80. The summed E-state index contributed by atoms with van der Waals surface area (Å²) >= 11 is 0. The summed E-state index contributed by atoms with van der Waals surface area (Å²) in [6, 6.07) is -1.20. The van der Waals surface area contributed by atoms with Crippen molar-refractivity contribution in [1.29, 1.82) is 0 Å². The Hall–Kier alpha value is -1.93. The number of allylic oxidation sites excluding steroid dienone is 8. The Morgan fingerprint density at radius 1 is 0.417 bits per heavy atom. The maximum Gasteiger partial charge on any atom is 0.249 e. The zero-order valence-electron chi connectivity index (χ0n) is 54.6. The van der Waals surface area contributed by atoms with E-state index in [4.69, 9.17) is 9.47 Å². The van der Waals surface area contributed by atoms with E-state index in [0.29, 0.717) is 19.3 Å². The number of amides is 1. The molecular weight excluding hydrogens is 1050 g/mol. The molecule has 1 saturated heterocycles. The Bertz CT molecular complexity index is 1510. The number of carbonyl (C=O) groups excluding carboxylic acids is 1. The van der Waals surface area contributed by atoms with E-state index in [2.05, 4.69) is 67.8 Å². The van der Waals surface area contributed by atoms with Crippen LogP contribution in [0.15, 0.2) is 48.6 Å². The fraction of sp³-hybridized carbons (Fsp3) is 0.877. The van der Waals surface area contributed by atoms with E-state index < -0.39 is 74.2 Å². The van der Waals surface area contributed by atoms with Crippen molar-refractivity contribution in [1.82, 2.24) is 5.32 Å². The van der Waals surface area contributed by atoms with Crippen LogP contribution < -0.4 is 5.32 Å². The molecule has 1 heterocycles. The largest absolute Gasteiger partial charge is 0.394 e. The number of rotatable bonds is 63. The summed E-state index contributed by atoms with van der Waals surface area (Å²) in [6.45, 7) is 3.49. The number of hydrogen-bond donors (Lipinski definition) is 8. The standard InChI is InChI=1S/C73H137NO10/c1-3-5-7-9-11-13-15-17-19-21-23-25-27-29-31-33-35-36-38-40-42-44-46-48-50-52-54-56-58-60-65(76)68(78)64(63-83-73-71(81)70(80)69(79)67(62-75)84-73)74-72(82)66(77)61-59-57-55-53-51-49-47-45-43-41-39-37-34-32-30-28-26-24-22-20-18-16-14-12-10-8-6-4-2/h24,26,30,32,44,46,52,54,64-71,73,75-81H,3-23,25,27-29,31,33-43,45,47-51,53,55-63H2,1-2H3,(H,74,82)/b26-24-,32-30-,46-44+,54-52+. The van der Waals surface area contributed by atoms with Gasteiger partial charge >= 0.3 is 0 Å². The van der Waals surface area contributed by atoms with E-state index in [1.54, 1.807) is 0 Å². The normalized spacial score (nSPS) is 19.2. The van der Waals surface area contributed by atoms with Crippen LogP contribution in [0.25, 0.3) is 0 Å². The fourth-order valence-corrected chi connectivity index (χ4v) is 11.6. The molecule has 8 N–H and O–H groups in total. The van der Waals surface area contributed by atoms with Gasteiger partial charge in [0.1, 0.15) is 36.6 Å². The Balaban J connectivity index is 2.23. The van der Waals surface area contributed by atoms with Crippen LogP contribution in [0.5, 0.6) is 0 Å². The molecule has 11 heteroatoms. The predicted octanol–water partition coefficient (Wildman–Crippen LogP) is 17.5. The van der Waals surface area contributed by atoms with Gasteiger partial charge in [-0.05, 0) is 83.5 Å². The van der Waals surface area contributed by atoms with E-state index in [0.717, 1.165) is 44.9 Å². The van der Waals surface area contributed by atoms with Gasteiger partial charge in [0.25, 0.3) is 0 Å². The Labute approximate surface area is 517 Å². The molecule has 9 atom stereocenters. The molecule has 0 aromatic rings. The van der Waals surface area contributed by atoms with Gasteiger partial charge in [0, 0.05) is 0 Å². The number of nitrogens with one attached hydrogen (secondary N) is 1. The van der Waals surface area contributed by atoms with Crippen LogP contribution in [-0.2, 0) is 14.3 Å². The lowest BCUT2D eigenvalue weighted by Crippen LogP contribution is -2.60. The predicted molar refractivity (Wildman–Crippen MR) is 353 cm³/mol. The van der Waals surface area contributed by atoms with Crippen LogP contribution in [0.1, 0.15) is 341 Å². The minimum Gasteiger partial charge on any atom is -0.394 e. The van der Waals surface area contributed by atoms with Crippen molar-refractivity contribution < 1.29 is 50.0 Å². The number of ether oxygens (including phenoxy) is 2. The van der Waals surface area contributed by atoms with E-state index in [1.165, 1.54) is 250 Å². The van der Waals surface area contributed by atoms with Crippen LogP contribution in [0.4, 0.5) is 0 Å². The average molecular weight is 1190 g/mol. The SMILES string of the molecule is CCCCCCCCCCC/C=C\C/C=C\CCCCCCCCCCCCCCC(O)C(=O)NC(COC1OC(CO)C(O)C(O)C1O)C(O)C(O)CCC/C=C/CC/C=C/CCCCCCCCCCCCCCCCCCCCCC. The molecule has 84 heavy (non-hydrogen) atoms. The summed E-state index contributed by atoms with van der Waals surface area (Å²) in [5.41, 5.74) is 0. The molecule has 1 aliphatic rings. The van der Waals surface area contributed by atoms with E-state index in [1.807, 2.05) is 0 Å². The first-order valence-corrected chi connectivity index (χ1v) is 36.0. The third-order valence-electron chi connectivity index (χ3n) is 17.3. The van der Waals surface area contributed by atoms with Gasteiger partial charge in [-0.3, -0.25) is 4.79 Å². The molecular formula is C73H137NO10. The summed E-state index contributed by atoms with van der Waals surface area (Å²) in [7, 11) is 0. The van der Waals surface area contributed by atoms with Crippen LogP contribution in [0.2, 0.25) is 0 Å². The van der Waals surface area contributed by atoms with Gasteiger partial charge in [0.15, 0.2) is 6.29 Å². The summed E-state index contributed by atoms with van der Waals surface area (Å²) in [6.07, 6.45) is 69.1. The maximum atomic E-state index is 13.3. The van der Waals surface area contributed by atoms with Gasteiger partial charge in [-0.15, -0.1) is 0 Å². The highest BCUT2D eigenvalue weighted by atomic mass is 16.7. The summed E-state index contributed by atoms with van der Waals surface area (Å²) < 4.78 is 11.2. The molecule has 0 saturated carbocycles.